The summed E-state index contributed by atoms with van der Waals surface area (Å²) in [7, 11) is 0. The fraction of sp³-hybridized carbons (Fsp3) is 1.00. The summed E-state index contributed by atoms with van der Waals surface area (Å²) in [6.45, 7) is 15.4. The molecule has 0 aromatic heterocycles. The minimum atomic E-state index is 0.361. The minimum Gasteiger partial charge on any atom is -0.311 e. The molecule has 1 heterocycles. The predicted octanol–water partition coefficient (Wildman–Crippen LogP) is 3.08. The fourth-order valence-electron chi connectivity index (χ4n) is 2.73. The van der Waals surface area contributed by atoms with Crippen molar-refractivity contribution in [2.45, 2.75) is 53.1 Å². The molecule has 1 aliphatic rings. The summed E-state index contributed by atoms with van der Waals surface area (Å²) in [6.07, 6.45) is 3.52. The second kappa shape index (κ2) is 7.16. The summed E-state index contributed by atoms with van der Waals surface area (Å²) in [5.74, 6) is 2.03. The van der Waals surface area contributed by atoms with Gasteiger partial charge in [0.25, 0.3) is 0 Å². The topological polar surface area (TPSA) is 15.3 Å². The van der Waals surface area contributed by atoms with Crippen molar-refractivity contribution in [3.8, 4) is 0 Å². The lowest BCUT2D eigenvalue weighted by Gasteiger charge is -2.46. The lowest BCUT2D eigenvalue weighted by Crippen LogP contribution is -2.61. The predicted molar refractivity (Wildman–Crippen MR) is 84.4 cm³/mol. The molecular formula is C15H32N2S. The highest BCUT2D eigenvalue weighted by atomic mass is 32.2. The first-order valence-corrected chi connectivity index (χ1v) is 8.72. The van der Waals surface area contributed by atoms with Crippen molar-refractivity contribution in [2.24, 2.45) is 11.3 Å². The molecule has 0 amide bonds. The van der Waals surface area contributed by atoms with Crippen LogP contribution in [0.5, 0.6) is 0 Å². The van der Waals surface area contributed by atoms with Gasteiger partial charge in [0.05, 0.1) is 0 Å². The van der Waals surface area contributed by atoms with E-state index in [1.54, 1.807) is 0 Å². The Bertz CT molecular complexity index is 235. The number of nitrogens with one attached hydrogen (secondary N) is 1. The van der Waals surface area contributed by atoms with E-state index in [1.165, 1.54) is 25.3 Å². The van der Waals surface area contributed by atoms with Gasteiger partial charge in [-0.05, 0) is 36.3 Å². The van der Waals surface area contributed by atoms with Crippen molar-refractivity contribution in [3.63, 3.8) is 0 Å². The molecule has 0 aromatic rings. The molecular weight excluding hydrogens is 240 g/mol. The Kier molecular flexibility index (Phi) is 6.49. The summed E-state index contributed by atoms with van der Waals surface area (Å²) in [4.78, 5) is 2.73. The maximum atomic E-state index is 3.76. The zero-order chi connectivity index (χ0) is 13.8. The molecule has 1 rings (SSSR count). The lowest BCUT2D eigenvalue weighted by atomic mass is 9.83. The van der Waals surface area contributed by atoms with Crippen molar-refractivity contribution in [1.29, 1.82) is 0 Å². The third kappa shape index (κ3) is 4.75. The van der Waals surface area contributed by atoms with Crippen LogP contribution < -0.4 is 5.32 Å². The first-order chi connectivity index (χ1) is 8.36. The summed E-state index contributed by atoms with van der Waals surface area (Å²) < 4.78 is 0. The summed E-state index contributed by atoms with van der Waals surface area (Å²) >= 11 is 1.96. The molecule has 0 radical (unpaired) electrons. The third-order valence-electron chi connectivity index (χ3n) is 4.07. The Balaban J connectivity index is 2.58. The monoisotopic (exact) mass is 272 g/mol. The van der Waals surface area contributed by atoms with Crippen molar-refractivity contribution in [3.05, 3.63) is 0 Å². The SMILES string of the molecule is CSCCCN1CC(C(C)(C)C)NCC1C(C)C. The zero-order valence-electron chi connectivity index (χ0n) is 13.1. The highest BCUT2D eigenvalue weighted by Gasteiger charge is 2.34. The van der Waals surface area contributed by atoms with E-state index in [0.717, 1.165) is 12.5 Å². The largest absolute Gasteiger partial charge is 0.311 e. The molecule has 1 fully saturated rings. The average molecular weight is 273 g/mol. The van der Waals surface area contributed by atoms with Gasteiger partial charge < -0.3 is 5.32 Å². The van der Waals surface area contributed by atoms with Crippen molar-refractivity contribution >= 4 is 11.8 Å². The van der Waals surface area contributed by atoms with Gasteiger partial charge in [-0.15, -0.1) is 0 Å². The van der Waals surface area contributed by atoms with Crippen molar-refractivity contribution in [2.75, 3.05) is 31.6 Å². The number of hydrogen-bond acceptors (Lipinski definition) is 3. The number of nitrogens with zero attached hydrogens (tertiary/aromatic N) is 1. The first kappa shape index (κ1) is 16.3. The molecule has 108 valence electrons. The molecule has 2 atom stereocenters. The number of rotatable bonds is 5. The highest BCUT2D eigenvalue weighted by Crippen LogP contribution is 2.25. The van der Waals surface area contributed by atoms with E-state index in [0.29, 0.717) is 17.5 Å². The van der Waals surface area contributed by atoms with Gasteiger partial charge in [0.15, 0.2) is 0 Å². The molecule has 2 unspecified atom stereocenters. The number of thioether (sulfide) groups is 1. The highest BCUT2D eigenvalue weighted by molar-refractivity contribution is 7.98. The van der Waals surface area contributed by atoms with Crippen LogP contribution in [0.2, 0.25) is 0 Å². The van der Waals surface area contributed by atoms with E-state index in [2.05, 4.69) is 51.1 Å². The second-order valence-corrected chi connectivity index (χ2v) is 7.97. The summed E-state index contributed by atoms with van der Waals surface area (Å²) in [5, 5.41) is 3.76. The second-order valence-electron chi connectivity index (χ2n) is 6.98. The van der Waals surface area contributed by atoms with Gasteiger partial charge >= 0.3 is 0 Å². The number of hydrogen-bond donors (Lipinski definition) is 1. The molecule has 1 saturated heterocycles. The van der Waals surface area contributed by atoms with E-state index in [1.807, 2.05) is 11.8 Å². The van der Waals surface area contributed by atoms with Gasteiger partial charge in [-0.1, -0.05) is 34.6 Å². The van der Waals surface area contributed by atoms with Crippen LogP contribution in [-0.2, 0) is 0 Å². The lowest BCUT2D eigenvalue weighted by molar-refractivity contribution is 0.0637. The summed E-state index contributed by atoms with van der Waals surface area (Å²) in [5.41, 5.74) is 0.361. The Morgan fingerprint density at radius 1 is 1.33 bits per heavy atom. The molecule has 0 aliphatic carbocycles. The van der Waals surface area contributed by atoms with Gasteiger partial charge in [-0.3, -0.25) is 4.90 Å². The minimum absolute atomic E-state index is 0.361. The molecule has 3 heteroatoms. The molecule has 18 heavy (non-hydrogen) atoms. The van der Waals surface area contributed by atoms with Gasteiger partial charge in [0.2, 0.25) is 0 Å². The van der Waals surface area contributed by atoms with Gasteiger partial charge in [0.1, 0.15) is 0 Å². The van der Waals surface area contributed by atoms with Gasteiger partial charge in [-0.2, -0.15) is 11.8 Å². The first-order valence-electron chi connectivity index (χ1n) is 7.32. The van der Waals surface area contributed by atoms with Gasteiger partial charge in [-0.25, -0.2) is 0 Å². The van der Waals surface area contributed by atoms with Crippen LogP contribution in [-0.4, -0.2) is 48.6 Å². The normalized spacial score (nSPS) is 26.8. The van der Waals surface area contributed by atoms with Crippen molar-refractivity contribution in [1.82, 2.24) is 10.2 Å². The molecule has 0 aromatic carbocycles. The molecule has 0 bridgehead atoms. The zero-order valence-corrected chi connectivity index (χ0v) is 13.9. The van der Waals surface area contributed by atoms with Crippen LogP contribution in [0.3, 0.4) is 0 Å². The average Bonchev–Trinajstić information content (AvgIpc) is 2.27. The Hall–Kier alpha value is 0.270. The van der Waals surface area contributed by atoms with Crippen LogP contribution >= 0.6 is 11.8 Å². The fourth-order valence-corrected chi connectivity index (χ4v) is 3.15. The van der Waals surface area contributed by atoms with E-state index >= 15 is 0 Å². The molecule has 1 N–H and O–H groups in total. The summed E-state index contributed by atoms with van der Waals surface area (Å²) in [6, 6.07) is 1.34. The smallest absolute Gasteiger partial charge is 0.0244 e. The third-order valence-corrected chi connectivity index (χ3v) is 4.77. The quantitative estimate of drug-likeness (QED) is 0.774. The van der Waals surface area contributed by atoms with E-state index in [9.17, 15) is 0 Å². The van der Waals surface area contributed by atoms with Crippen LogP contribution in [0.15, 0.2) is 0 Å². The van der Waals surface area contributed by atoms with E-state index in [4.69, 9.17) is 0 Å². The Morgan fingerprint density at radius 3 is 2.50 bits per heavy atom. The molecule has 0 spiro atoms. The van der Waals surface area contributed by atoms with Crippen LogP contribution in [0.4, 0.5) is 0 Å². The molecule has 1 aliphatic heterocycles. The molecule has 0 saturated carbocycles. The van der Waals surface area contributed by atoms with Gasteiger partial charge in [0, 0.05) is 25.2 Å². The van der Waals surface area contributed by atoms with E-state index in [-0.39, 0.29) is 0 Å². The number of piperazine rings is 1. The Labute approximate surface area is 118 Å². The van der Waals surface area contributed by atoms with Crippen LogP contribution in [0.1, 0.15) is 41.0 Å². The van der Waals surface area contributed by atoms with Crippen molar-refractivity contribution < 1.29 is 0 Å². The van der Waals surface area contributed by atoms with Crippen LogP contribution in [0.25, 0.3) is 0 Å². The molecule has 2 nitrogen and oxygen atoms in total. The maximum Gasteiger partial charge on any atom is 0.0244 e. The Morgan fingerprint density at radius 2 is 2.00 bits per heavy atom. The standard InChI is InChI=1S/C15H32N2S/c1-12(2)13-10-16-14(15(3,4)5)11-17(13)8-7-9-18-6/h12-14,16H,7-11H2,1-6H3. The maximum absolute atomic E-state index is 3.76. The van der Waals surface area contributed by atoms with E-state index < -0.39 is 0 Å². The van der Waals surface area contributed by atoms with Crippen LogP contribution in [0, 0.1) is 11.3 Å².